The summed E-state index contributed by atoms with van der Waals surface area (Å²) in [6.45, 7) is 4.09. The van der Waals surface area contributed by atoms with Gasteiger partial charge in [0.1, 0.15) is 12.4 Å². The van der Waals surface area contributed by atoms with Gasteiger partial charge in [-0.15, -0.1) is 0 Å². The van der Waals surface area contributed by atoms with E-state index in [2.05, 4.69) is 4.98 Å². The molecule has 0 amide bonds. The Kier molecular flexibility index (Phi) is 6.06. The number of fused-ring (bicyclic) bond motifs is 2. The summed E-state index contributed by atoms with van der Waals surface area (Å²) >= 11 is 1.37. The maximum absolute atomic E-state index is 12.9. The Morgan fingerprint density at radius 1 is 1.00 bits per heavy atom. The van der Waals surface area contributed by atoms with E-state index >= 15 is 0 Å². The van der Waals surface area contributed by atoms with Crippen LogP contribution in [0.15, 0.2) is 76.7 Å². The molecule has 4 rings (SSSR count). The smallest absolute Gasteiger partial charge is 0.262 e. The van der Waals surface area contributed by atoms with Crippen molar-refractivity contribution in [1.29, 1.82) is 0 Å². The molecule has 6 heteroatoms. The predicted octanol–water partition coefficient (Wildman–Crippen LogP) is 4.66. The van der Waals surface area contributed by atoms with Crippen LogP contribution in [0.3, 0.4) is 0 Å². The average molecular weight is 421 g/mol. The average Bonchev–Trinajstić information content (AvgIpc) is 2.76. The molecule has 0 spiro atoms. The molecule has 0 unspecified atom stereocenters. The summed E-state index contributed by atoms with van der Waals surface area (Å²) < 4.78 is 7.57. The number of para-hydroxylation sites is 1. The fraction of sp³-hybridized carbons (Fsp3) is 0.250. The predicted molar refractivity (Wildman–Crippen MR) is 123 cm³/mol. The lowest BCUT2D eigenvalue weighted by Crippen LogP contribution is -2.26. The molecule has 1 heterocycles. The fourth-order valence-electron chi connectivity index (χ4n) is 3.41. The summed E-state index contributed by atoms with van der Waals surface area (Å²) in [5, 5.41) is 13.8. The van der Waals surface area contributed by atoms with Gasteiger partial charge in [0.15, 0.2) is 5.16 Å². The van der Waals surface area contributed by atoms with E-state index in [-0.39, 0.29) is 18.2 Å². The van der Waals surface area contributed by atoms with Gasteiger partial charge in [0.05, 0.1) is 17.0 Å². The molecule has 1 N–H and O–H groups in total. The molecule has 1 atom stereocenters. The Bertz CT molecular complexity index is 1230. The summed E-state index contributed by atoms with van der Waals surface area (Å²) in [6, 6.07) is 21.2. The molecule has 3 aromatic carbocycles. The van der Waals surface area contributed by atoms with Crippen molar-refractivity contribution in [3.63, 3.8) is 0 Å². The molecule has 0 fully saturated rings. The second-order valence-corrected chi connectivity index (χ2v) is 8.42. The van der Waals surface area contributed by atoms with E-state index in [0.29, 0.717) is 21.8 Å². The Morgan fingerprint density at radius 2 is 1.70 bits per heavy atom. The molecule has 0 aliphatic carbocycles. The highest BCUT2D eigenvalue weighted by Gasteiger charge is 2.16. The van der Waals surface area contributed by atoms with Gasteiger partial charge in [-0.3, -0.25) is 9.36 Å². The van der Waals surface area contributed by atoms with Crippen molar-refractivity contribution in [2.45, 2.75) is 31.1 Å². The van der Waals surface area contributed by atoms with Gasteiger partial charge < -0.3 is 9.84 Å². The first kappa shape index (κ1) is 20.4. The molecule has 0 bridgehead atoms. The zero-order chi connectivity index (χ0) is 21.1. The number of benzene rings is 3. The number of rotatable bonds is 7. The number of hydrogen-bond donors (Lipinski definition) is 1. The third-order valence-electron chi connectivity index (χ3n) is 4.88. The largest absolute Gasteiger partial charge is 0.490 e. The summed E-state index contributed by atoms with van der Waals surface area (Å²) in [5.41, 5.74) is 0.614. The maximum Gasteiger partial charge on any atom is 0.262 e. The number of aromatic nitrogens is 2. The van der Waals surface area contributed by atoms with Crippen molar-refractivity contribution in [1.82, 2.24) is 9.55 Å². The molecule has 0 aliphatic rings. The highest BCUT2D eigenvalue weighted by atomic mass is 32.2. The standard InChI is InChI=1S/C24H24N2O3S/c1-16(2)26-23(28)20-11-5-6-12-21(20)25-24(26)30-15-18(27)14-29-22-13-7-9-17-8-3-4-10-19(17)22/h3-13,16,18,27H,14-15H2,1-2H3/t18-/m1/s1. The van der Waals surface area contributed by atoms with Crippen molar-refractivity contribution in [2.24, 2.45) is 0 Å². The van der Waals surface area contributed by atoms with Gasteiger partial charge in [0, 0.05) is 17.2 Å². The Morgan fingerprint density at radius 3 is 2.50 bits per heavy atom. The van der Waals surface area contributed by atoms with E-state index in [1.165, 1.54) is 11.8 Å². The minimum absolute atomic E-state index is 0.0267. The van der Waals surface area contributed by atoms with Gasteiger partial charge in [0.2, 0.25) is 0 Å². The fourth-order valence-corrected chi connectivity index (χ4v) is 4.44. The van der Waals surface area contributed by atoms with Crippen LogP contribution in [-0.4, -0.2) is 33.1 Å². The first-order chi connectivity index (χ1) is 14.5. The molecule has 0 saturated heterocycles. The molecule has 5 nitrogen and oxygen atoms in total. The van der Waals surface area contributed by atoms with Crippen molar-refractivity contribution in [3.8, 4) is 5.75 Å². The molecule has 30 heavy (non-hydrogen) atoms. The number of nitrogens with zero attached hydrogens (tertiary/aromatic N) is 2. The van der Waals surface area contributed by atoms with Gasteiger partial charge in [-0.25, -0.2) is 4.98 Å². The third kappa shape index (κ3) is 4.20. The third-order valence-corrected chi connectivity index (χ3v) is 5.98. The minimum Gasteiger partial charge on any atom is -0.490 e. The lowest BCUT2D eigenvalue weighted by molar-refractivity contribution is 0.127. The van der Waals surface area contributed by atoms with E-state index in [1.54, 1.807) is 10.6 Å². The van der Waals surface area contributed by atoms with Crippen LogP contribution in [0.1, 0.15) is 19.9 Å². The van der Waals surface area contributed by atoms with Crippen LogP contribution in [-0.2, 0) is 0 Å². The van der Waals surface area contributed by atoms with Gasteiger partial charge in [-0.2, -0.15) is 0 Å². The maximum atomic E-state index is 12.9. The van der Waals surface area contributed by atoms with Crippen molar-refractivity contribution < 1.29 is 9.84 Å². The molecule has 0 radical (unpaired) electrons. The lowest BCUT2D eigenvalue weighted by Gasteiger charge is -2.18. The highest BCUT2D eigenvalue weighted by molar-refractivity contribution is 7.99. The Labute approximate surface area is 179 Å². The Hall–Kier alpha value is -2.83. The number of ether oxygens (including phenoxy) is 1. The van der Waals surface area contributed by atoms with Gasteiger partial charge in [-0.05, 0) is 37.4 Å². The molecular formula is C24H24N2O3S. The summed E-state index contributed by atoms with van der Waals surface area (Å²) in [7, 11) is 0. The van der Waals surface area contributed by atoms with Gasteiger partial charge >= 0.3 is 0 Å². The molecular weight excluding hydrogens is 396 g/mol. The zero-order valence-electron chi connectivity index (χ0n) is 17.0. The number of hydrogen-bond acceptors (Lipinski definition) is 5. The van der Waals surface area contributed by atoms with Crippen LogP contribution in [0.2, 0.25) is 0 Å². The number of aliphatic hydroxyl groups excluding tert-OH is 1. The molecule has 0 saturated carbocycles. The topological polar surface area (TPSA) is 64.3 Å². The van der Waals surface area contributed by atoms with Crippen LogP contribution in [0.5, 0.6) is 5.75 Å². The van der Waals surface area contributed by atoms with E-state index in [9.17, 15) is 9.90 Å². The SMILES string of the molecule is CC(C)n1c(SC[C@H](O)COc2cccc3ccccc23)nc2ccccc2c1=O. The van der Waals surface area contributed by atoms with Crippen LogP contribution in [0.25, 0.3) is 21.7 Å². The normalized spacial score (nSPS) is 12.5. The molecule has 4 aromatic rings. The molecule has 154 valence electrons. The van der Waals surface area contributed by atoms with E-state index in [4.69, 9.17) is 4.74 Å². The van der Waals surface area contributed by atoms with E-state index in [0.717, 1.165) is 16.5 Å². The van der Waals surface area contributed by atoms with Crippen LogP contribution in [0, 0.1) is 0 Å². The van der Waals surface area contributed by atoms with E-state index < -0.39 is 6.10 Å². The first-order valence-corrected chi connectivity index (χ1v) is 11.0. The van der Waals surface area contributed by atoms with Crippen molar-refractivity contribution in [2.75, 3.05) is 12.4 Å². The van der Waals surface area contributed by atoms with E-state index in [1.807, 2.05) is 74.5 Å². The minimum atomic E-state index is -0.696. The summed E-state index contributed by atoms with van der Waals surface area (Å²) in [6.07, 6.45) is -0.696. The second-order valence-electron chi connectivity index (χ2n) is 7.43. The van der Waals surface area contributed by atoms with Crippen LogP contribution in [0.4, 0.5) is 0 Å². The second kappa shape index (κ2) is 8.90. The summed E-state index contributed by atoms with van der Waals surface area (Å²) in [5.74, 6) is 1.13. The van der Waals surface area contributed by atoms with Crippen molar-refractivity contribution in [3.05, 3.63) is 77.1 Å². The molecule has 0 aliphatic heterocycles. The molecule has 1 aromatic heterocycles. The van der Waals surface area contributed by atoms with Crippen molar-refractivity contribution >= 4 is 33.4 Å². The number of thioether (sulfide) groups is 1. The van der Waals surface area contributed by atoms with Gasteiger partial charge in [-0.1, -0.05) is 60.3 Å². The quantitative estimate of drug-likeness (QED) is 0.348. The summed E-state index contributed by atoms with van der Waals surface area (Å²) in [4.78, 5) is 17.6. The first-order valence-electron chi connectivity index (χ1n) is 9.97. The lowest BCUT2D eigenvalue weighted by atomic mass is 10.1. The zero-order valence-corrected chi connectivity index (χ0v) is 17.8. The van der Waals surface area contributed by atoms with Crippen LogP contribution >= 0.6 is 11.8 Å². The number of aliphatic hydroxyl groups is 1. The van der Waals surface area contributed by atoms with Crippen LogP contribution < -0.4 is 10.3 Å². The highest BCUT2D eigenvalue weighted by Crippen LogP contribution is 2.26. The van der Waals surface area contributed by atoms with Gasteiger partial charge in [0.25, 0.3) is 5.56 Å². The Balaban J connectivity index is 1.48. The monoisotopic (exact) mass is 420 g/mol.